The van der Waals surface area contributed by atoms with Crippen LogP contribution in [-0.4, -0.2) is 43.9 Å². The molecule has 3 rings (SSSR count). The number of likely N-dealkylation sites (N-methyl/N-ethyl adjacent to an activating group) is 1. The van der Waals surface area contributed by atoms with Gasteiger partial charge < -0.3 is 15.2 Å². The highest BCUT2D eigenvalue weighted by atomic mass is 32.2. The fourth-order valence-electron chi connectivity index (χ4n) is 2.99. The van der Waals surface area contributed by atoms with Crippen molar-refractivity contribution in [2.75, 3.05) is 19.5 Å². The van der Waals surface area contributed by atoms with E-state index >= 15 is 0 Å². The Morgan fingerprint density at radius 3 is 2.70 bits per heavy atom. The van der Waals surface area contributed by atoms with E-state index < -0.39 is 28.2 Å². The predicted octanol–water partition coefficient (Wildman–Crippen LogP) is 1.62. The van der Waals surface area contributed by atoms with Crippen molar-refractivity contribution in [2.45, 2.75) is 18.5 Å². The summed E-state index contributed by atoms with van der Waals surface area (Å²) in [5.41, 5.74) is 1.10. The first kappa shape index (κ1) is 19.2. The van der Waals surface area contributed by atoms with Gasteiger partial charge in [0.1, 0.15) is 17.5 Å². The van der Waals surface area contributed by atoms with Crippen LogP contribution in [0.3, 0.4) is 0 Å². The summed E-state index contributed by atoms with van der Waals surface area (Å²) in [7, 11) is -0.951. The Kier molecular flexibility index (Phi) is 5.36. The summed E-state index contributed by atoms with van der Waals surface area (Å²) in [5, 5.41) is 12.2. The fourth-order valence-corrected chi connectivity index (χ4v) is 4.27. The number of methoxy groups -OCH3 is 1. The number of carbonyl (C=O) groups excluding carboxylic acids is 1. The van der Waals surface area contributed by atoms with Gasteiger partial charge in [-0.1, -0.05) is 18.2 Å². The highest BCUT2D eigenvalue weighted by Crippen LogP contribution is 2.30. The molecule has 0 bridgehead atoms. The zero-order chi connectivity index (χ0) is 19.6. The van der Waals surface area contributed by atoms with E-state index in [-0.39, 0.29) is 12.2 Å². The number of phenolic OH excluding ortho intramolecular Hbond substituents is 1. The minimum Gasteiger partial charge on any atom is -0.508 e. The molecule has 1 aliphatic heterocycles. The number of phenols is 1. The lowest BCUT2D eigenvalue weighted by molar-refractivity contribution is -0.120. The Morgan fingerprint density at radius 1 is 1.26 bits per heavy atom. The van der Waals surface area contributed by atoms with Crippen LogP contribution in [0.2, 0.25) is 0 Å². The van der Waals surface area contributed by atoms with Crippen molar-refractivity contribution in [3.63, 3.8) is 0 Å². The molecule has 2 aromatic carbocycles. The van der Waals surface area contributed by atoms with E-state index in [0.717, 1.165) is 4.31 Å². The minimum absolute atomic E-state index is 0.00773. The Balaban J connectivity index is 1.86. The van der Waals surface area contributed by atoms with E-state index in [1.165, 1.54) is 26.3 Å². The molecule has 1 amide bonds. The summed E-state index contributed by atoms with van der Waals surface area (Å²) in [4.78, 5) is 12.7. The summed E-state index contributed by atoms with van der Waals surface area (Å²) in [6.45, 7) is 0. The average Bonchev–Trinajstić information content (AvgIpc) is 2.63. The van der Waals surface area contributed by atoms with Crippen molar-refractivity contribution in [1.29, 1.82) is 0 Å². The number of benzene rings is 2. The lowest BCUT2D eigenvalue weighted by Crippen LogP contribution is -2.55. The first-order valence-corrected chi connectivity index (χ1v) is 9.73. The van der Waals surface area contributed by atoms with Crippen LogP contribution in [0.1, 0.15) is 18.0 Å². The predicted molar refractivity (Wildman–Crippen MR) is 101 cm³/mol. The number of hydrogen-bond acceptors (Lipinski definition) is 5. The van der Waals surface area contributed by atoms with Gasteiger partial charge in [-0.05, 0) is 36.2 Å². The SMILES string of the molecule is COc1cccc([C@@H]2C[C@H](C(=O)Nc3cccc(O)c3)N(C)S(=O)(=O)N2)c1. The third-order valence-electron chi connectivity index (χ3n) is 4.48. The maximum absolute atomic E-state index is 12.7. The number of nitrogens with one attached hydrogen (secondary N) is 2. The van der Waals surface area contributed by atoms with Crippen LogP contribution in [0.15, 0.2) is 48.5 Å². The first-order chi connectivity index (χ1) is 12.8. The maximum atomic E-state index is 12.7. The lowest BCUT2D eigenvalue weighted by Gasteiger charge is -2.36. The molecule has 144 valence electrons. The Morgan fingerprint density at radius 2 is 2.00 bits per heavy atom. The minimum atomic E-state index is -3.84. The monoisotopic (exact) mass is 391 g/mol. The lowest BCUT2D eigenvalue weighted by atomic mass is 9.99. The van der Waals surface area contributed by atoms with E-state index in [1.54, 1.807) is 36.4 Å². The van der Waals surface area contributed by atoms with E-state index in [4.69, 9.17) is 4.74 Å². The van der Waals surface area contributed by atoms with Gasteiger partial charge in [-0.3, -0.25) is 4.79 Å². The normalized spacial score (nSPS) is 22.1. The summed E-state index contributed by atoms with van der Waals surface area (Å²) in [5.74, 6) is 0.140. The maximum Gasteiger partial charge on any atom is 0.280 e. The first-order valence-electron chi connectivity index (χ1n) is 8.29. The van der Waals surface area contributed by atoms with Gasteiger partial charge in [0.2, 0.25) is 5.91 Å². The van der Waals surface area contributed by atoms with Crippen LogP contribution < -0.4 is 14.8 Å². The number of amides is 1. The Labute approximate surface area is 157 Å². The van der Waals surface area contributed by atoms with E-state index in [0.29, 0.717) is 17.0 Å². The molecule has 0 saturated carbocycles. The summed E-state index contributed by atoms with van der Waals surface area (Å²) < 4.78 is 33.8. The number of nitrogens with zero attached hydrogens (tertiary/aromatic N) is 1. The van der Waals surface area contributed by atoms with Crippen molar-refractivity contribution in [3.05, 3.63) is 54.1 Å². The van der Waals surface area contributed by atoms with Crippen LogP contribution in [0.5, 0.6) is 11.5 Å². The third kappa shape index (κ3) is 4.21. The van der Waals surface area contributed by atoms with Crippen molar-refractivity contribution >= 4 is 21.8 Å². The van der Waals surface area contributed by atoms with Gasteiger partial charge in [-0.15, -0.1) is 0 Å². The number of rotatable bonds is 4. The van der Waals surface area contributed by atoms with Gasteiger partial charge in [0.25, 0.3) is 10.2 Å². The fraction of sp³-hybridized carbons (Fsp3) is 0.278. The largest absolute Gasteiger partial charge is 0.508 e. The van der Waals surface area contributed by atoms with Gasteiger partial charge in [0.05, 0.1) is 13.2 Å². The van der Waals surface area contributed by atoms with Crippen molar-refractivity contribution in [1.82, 2.24) is 9.03 Å². The second-order valence-electron chi connectivity index (χ2n) is 6.26. The molecule has 0 unspecified atom stereocenters. The molecule has 1 saturated heterocycles. The van der Waals surface area contributed by atoms with Crippen LogP contribution in [0, 0.1) is 0 Å². The van der Waals surface area contributed by atoms with Gasteiger partial charge in [0.15, 0.2) is 0 Å². The second kappa shape index (κ2) is 7.55. The molecular weight excluding hydrogens is 370 g/mol. The molecule has 1 fully saturated rings. The number of carbonyl (C=O) groups is 1. The number of hydrogen-bond donors (Lipinski definition) is 3. The summed E-state index contributed by atoms with van der Waals surface area (Å²) >= 11 is 0. The van der Waals surface area contributed by atoms with E-state index in [2.05, 4.69) is 10.0 Å². The molecule has 2 atom stereocenters. The molecule has 3 N–H and O–H groups in total. The standard InChI is InChI=1S/C18H21N3O5S/c1-21-17(18(23)19-13-6-4-7-14(22)10-13)11-16(20-27(21,24)25)12-5-3-8-15(9-12)26-2/h3-10,16-17,20,22H,11H2,1-2H3,(H,19,23)/t16-,17+/m0/s1. The molecule has 0 radical (unpaired) electrons. The second-order valence-corrected chi connectivity index (χ2v) is 8.02. The molecule has 0 aliphatic carbocycles. The molecule has 0 spiro atoms. The van der Waals surface area contributed by atoms with E-state index in [9.17, 15) is 18.3 Å². The quantitative estimate of drug-likeness (QED) is 0.734. The highest BCUT2D eigenvalue weighted by molar-refractivity contribution is 7.87. The van der Waals surface area contributed by atoms with Crippen molar-refractivity contribution in [3.8, 4) is 11.5 Å². The molecule has 27 heavy (non-hydrogen) atoms. The number of anilines is 1. The summed E-state index contributed by atoms with van der Waals surface area (Å²) in [6, 6.07) is 11.7. The smallest absolute Gasteiger partial charge is 0.280 e. The van der Waals surface area contributed by atoms with E-state index in [1.807, 2.05) is 0 Å². The van der Waals surface area contributed by atoms with Crippen LogP contribution in [-0.2, 0) is 15.0 Å². The third-order valence-corrected chi connectivity index (χ3v) is 6.08. The molecule has 9 heteroatoms. The number of ether oxygens (including phenoxy) is 1. The summed E-state index contributed by atoms with van der Waals surface area (Å²) in [6.07, 6.45) is 0.244. The van der Waals surface area contributed by atoms with Crippen LogP contribution >= 0.6 is 0 Å². The average molecular weight is 391 g/mol. The van der Waals surface area contributed by atoms with Gasteiger partial charge >= 0.3 is 0 Å². The number of aromatic hydroxyl groups is 1. The molecule has 2 aromatic rings. The van der Waals surface area contributed by atoms with Crippen LogP contribution in [0.25, 0.3) is 0 Å². The Hall–Kier alpha value is -2.62. The molecule has 1 heterocycles. The van der Waals surface area contributed by atoms with Crippen molar-refractivity contribution in [2.24, 2.45) is 0 Å². The molecule has 8 nitrogen and oxygen atoms in total. The van der Waals surface area contributed by atoms with Gasteiger partial charge in [0, 0.05) is 18.8 Å². The molecule has 1 aliphatic rings. The van der Waals surface area contributed by atoms with Crippen molar-refractivity contribution < 1.29 is 23.1 Å². The van der Waals surface area contributed by atoms with Gasteiger partial charge in [-0.2, -0.15) is 17.4 Å². The zero-order valence-corrected chi connectivity index (χ0v) is 15.7. The van der Waals surface area contributed by atoms with Crippen LogP contribution in [0.4, 0.5) is 5.69 Å². The van der Waals surface area contributed by atoms with Gasteiger partial charge in [-0.25, -0.2) is 0 Å². The topological polar surface area (TPSA) is 108 Å². The zero-order valence-electron chi connectivity index (χ0n) is 14.9. The Bertz CT molecular complexity index is 948. The molecular formula is C18H21N3O5S. The highest BCUT2D eigenvalue weighted by Gasteiger charge is 2.40. The molecule has 0 aromatic heterocycles.